The summed E-state index contributed by atoms with van der Waals surface area (Å²) in [6.07, 6.45) is 1.37. The van der Waals surface area contributed by atoms with Gasteiger partial charge in [0, 0.05) is 12.3 Å². The molecule has 0 aliphatic rings. The summed E-state index contributed by atoms with van der Waals surface area (Å²) in [6.45, 7) is 0. The van der Waals surface area contributed by atoms with Crippen LogP contribution in [0.25, 0.3) is 0 Å². The van der Waals surface area contributed by atoms with Gasteiger partial charge in [0.25, 0.3) is 0 Å². The number of ether oxygens (including phenoxy) is 2. The maximum Gasteiger partial charge on any atom is 0.345 e. The Balaban J connectivity index is 2.13. The van der Waals surface area contributed by atoms with Crippen molar-refractivity contribution in [3.63, 3.8) is 0 Å². The lowest BCUT2D eigenvalue weighted by molar-refractivity contribution is 0.0734. The summed E-state index contributed by atoms with van der Waals surface area (Å²) in [4.78, 5) is 15.6. The fraction of sp³-hybridized carbons (Fsp3) is 0.0769. The maximum atomic E-state index is 11.8. The van der Waals surface area contributed by atoms with Crippen LogP contribution < -0.4 is 15.2 Å². The van der Waals surface area contributed by atoms with Crippen molar-refractivity contribution < 1.29 is 14.3 Å². The summed E-state index contributed by atoms with van der Waals surface area (Å²) < 4.78 is 10.2. The normalized spacial score (nSPS) is 9.83. The van der Waals surface area contributed by atoms with E-state index in [0.29, 0.717) is 22.9 Å². The Morgan fingerprint density at radius 3 is 2.67 bits per heavy atom. The molecule has 0 amide bonds. The van der Waals surface area contributed by atoms with Gasteiger partial charge in [0.2, 0.25) is 0 Å². The van der Waals surface area contributed by atoms with Gasteiger partial charge in [0.05, 0.1) is 12.7 Å². The van der Waals surface area contributed by atoms with Gasteiger partial charge in [0.15, 0.2) is 0 Å². The molecule has 0 unspecified atom stereocenters. The molecule has 1 heterocycles. The van der Waals surface area contributed by atoms with Crippen molar-refractivity contribution in [1.82, 2.24) is 4.98 Å². The van der Waals surface area contributed by atoms with Crippen LogP contribution in [0.15, 0.2) is 42.6 Å². The van der Waals surface area contributed by atoms with Crippen molar-refractivity contribution in [2.45, 2.75) is 0 Å². The van der Waals surface area contributed by atoms with Crippen molar-refractivity contribution in [3.05, 3.63) is 48.2 Å². The number of carbonyl (C=O) groups excluding carboxylic acids is 1. The van der Waals surface area contributed by atoms with Crippen molar-refractivity contribution in [3.8, 4) is 11.5 Å². The molecule has 5 nitrogen and oxygen atoms in total. The SMILES string of the molecule is COc1cccc(OC(=O)c2ccc(N)nc2)c1. The quantitative estimate of drug-likeness (QED) is 0.659. The lowest BCUT2D eigenvalue weighted by atomic mass is 10.3. The molecule has 0 aliphatic heterocycles. The topological polar surface area (TPSA) is 74.4 Å². The van der Waals surface area contributed by atoms with Crippen LogP contribution in [0.1, 0.15) is 10.4 Å². The van der Waals surface area contributed by atoms with E-state index in [1.807, 2.05) is 0 Å². The Kier molecular flexibility index (Phi) is 3.43. The lowest BCUT2D eigenvalue weighted by Gasteiger charge is -2.05. The second-order valence-electron chi connectivity index (χ2n) is 3.54. The number of hydrogen-bond donors (Lipinski definition) is 1. The molecule has 0 radical (unpaired) electrons. The number of hydrogen-bond acceptors (Lipinski definition) is 5. The third kappa shape index (κ3) is 2.76. The number of methoxy groups -OCH3 is 1. The van der Waals surface area contributed by atoms with E-state index in [0.717, 1.165) is 0 Å². The van der Waals surface area contributed by atoms with E-state index in [1.54, 1.807) is 43.5 Å². The predicted octanol–water partition coefficient (Wildman–Crippen LogP) is 1.89. The van der Waals surface area contributed by atoms with E-state index in [9.17, 15) is 4.79 Å². The molecular weight excluding hydrogens is 232 g/mol. The Labute approximate surface area is 104 Å². The molecule has 0 spiro atoms. The number of benzene rings is 1. The summed E-state index contributed by atoms with van der Waals surface area (Å²) in [5.41, 5.74) is 5.78. The number of nitrogens with zero attached hydrogens (tertiary/aromatic N) is 1. The highest BCUT2D eigenvalue weighted by Crippen LogP contribution is 2.19. The first-order chi connectivity index (χ1) is 8.69. The molecular formula is C13H12N2O3. The molecule has 0 aliphatic carbocycles. The molecule has 0 saturated heterocycles. The van der Waals surface area contributed by atoms with Gasteiger partial charge in [-0.25, -0.2) is 9.78 Å². The fourth-order valence-corrected chi connectivity index (χ4v) is 1.36. The van der Waals surface area contributed by atoms with Gasteiger partial charge in [-0.3, -0.25) is 0 Å². The highest BCUT2D eigenvalue weighted by molar-refractivity contribution is 5.90. The van der Waals surface area contributed by atoms with E-state index < -0.39 is 5.97 Å². The van der Waals surface area contributed by atoms with E-state index >= 15 is 0 Å². The monoisotopic (exact) mass is 244 g/mol. The highest BCUT2D eigenvalue weighted by Gasteiger charge is 2.09. The summed E-state index contributed by atoms with van der Waals surface area (Å²) in [5, 5.41) is 0. The molecule has 1 aromatic carbocycles. The third-order valence-electron chi connectivity index (χ3n) is 2.27. The van der Waals surface area contributed by atoms with Gasteiger partial charge in [-0.2, -0.15) is 0 Å². The number of rotatable bonds is 3. The smallest absolute Gasteiger partial charge is 0.345 e. The van der Waals surface area contributed by atoms with E-state index in [-0.39, 0.29) is 0 Å². The molecule has 0 atom stereocenters. The number of carbonyl (C=O) groups is 1. The number of esters is 1. The van der Waals surface area contributed by atoms with Crippen molar-refractivity contribution in [2.24, 2.45) is 0 Å². The number of nitrogens with two attached hydrogens (primary N) is 1. The Morgan fingerprint density at radius 1 is 1.22 bits per heavy atom. The fourth-order valence-electron chi connectivity index (χ4n) is 1.36. The number of anilines is 1. The van der Waals surface area contributed by atoms with Gasteiger partial charge in [-0.1, -0.05) is 6.07 Å². The van der Waals surface area contributed by atoms with Crippen LogP contribution in [0.5, 0.6) is 11.5 Å². The van der Waals surface area contributed by atoms with Gasteiger partial charge >= 0.3 is 5.97 Å². The number of nitrogen functional groups attached to an aromatic ring is 1. The first-order valence-electron chi connectivity index (χ1n) is 5.27. The minimum absolute atomic E-state index is 0.340. The zero-order valence-electron chi connectivity index (χ0n) is 9.79. The average molecular weight is 244 g/mol. The molecule has 0 bridgehead atoms. The maximum absolute atomic E-state index is 11.8. The Morgan fingerprint density at radius 2 is 2.00 bits per heavy atom. The first kappa shape index (κ1) is 11.9. The second kappa shape index (κ2) is 5.18. The molecule has 0 fully saturated rings. The largest absolute Gasteiger partial charge is 0.497 e. The summed E-state index contributed by atoms with van der Waals surface area (Å²) in [6, 6.07) is 9.91. The van der Waals surface area contributed by atoms with Gasteiger partial charge < -0.3 is 15.2 Å². The van der Waals surface area contributed by atoms with Gasteiger partial charge in [-0.15, -0.1) is 0 Å². The van der Waals surface area contributed by atoms with Crippen LogP contribution in [-0.2, 0) is 0 Å². The van der Waals surface area contributed by atoms with Gasteiger partial charge in [-0.05, 0) is 24.3 Å². The first-order valence-corrected chi connectivity index (χ1v) is 5.27. The average Bonchev–Trinajstić information content (AvgIpc) is 2.39. The van der Waals surface area contributed by atoms with Crippen LogP contribution in [0.2, 0.25) is 0 Å². The van der Waals surface area contributed by atoms with Crippen molar-refractivity contribution in [1.29, 1.82) is 0 Å². The van der Waals surface area contributed by atoms with E-state index in [4.69, 9.17) is 15.2 Å². The molecule has 1 aromatic heterocycles. The molecule has 2 aromatic rings. The standard InChI is InChI=1S/C13H12N2O3/c1-17-10-3-2-4-11(7-10)18-13(16)9-5-6-12(14)15-8-9/h2-8H,1H3,(H2,14,15). The number of pyridine rings is 1. The van der Waals surface area contributed by atoms with Crippen LogP contribution in [0.4, 0.5) is 5.82 Å². The van der Waals surface area contributed by atoms with E-state index in [1.165, 1.54) is 6.20 Å². The van der Waals surface area contributed by atoms with Crippen LogP contribution in [-0.4, -0.2) is 18.1 Å². The molecule has 92 valence electrons. The second-order valence-corrected chi connectivity index (χ2v) is 3.54. The van der Waals surface area contributed by atoms with E-state index in [2.05, 4.69) is 4.98 Å². The lowest BCUT2D eigenvalue weighted by Crippen LogP contribution is -2.09. The highest BCUT2D eigenvalue weighted by atomic mass is 16.5. The molecule has 18 heavy (non-hydrogen) atoms. The van der Waals surface area contributed by atoms with Gasteiger partial charge in [0.1, 0.15) is 17.3 Å². The molecule has 0 saturated carbocycles. The third-order valence-corrected chi connectivity index (χ3v) is 2.27. The Bertz CT molecular complexity index is 552. The molecule has 2 N–H and O–H groups in total. The van der Waals surface area contributed by atoms with Crippen molar-refractivity contribution in [2.75, 3.05) is 12.8 Å². The number of aromatic nitrogens is 1. The van der Waals surface area contributed by atoms with Crippen LogP contribution in [0.3, 0.4) is 0 Å². The van der Waals surface area contributed by atoms with Crippen molar-refractivity contribution >= 4 is 11.8 Å². The summed E-state index contributed by atoms with van der Waals surface area (Å²) in [7, 11) is 1.55. The minimum atomic E-state index is -0.490. The molecule has 2 rings (SSSR count). The Hall–Kier alpha value is -2.56. The predicted molar refractivity (Wildman–Crippen MR) is 66.6 cm³/mol. The minimum Gasteiger partial charge on any atom is -0.497 e. The van der Waals surface area contributed by atoms with Crippen LogP contribution in [0, 0.1) is 0 Å². The summed E-state index contributed by atoms with van der Waals surface area (Å²) >= 11 is 0. The zero-order chi connectivity index (χ0) is 13.0. The van der Waals surface area contributed by atoms with Crippen LogP contribution >= 0.6 is 0 Å². The zero-order valence-corrected chi connectivity index (χ0v) is 9.79. The molecule has 5 heteroatoms. The summed E-state index contributed by atoms with van der Waals surface area (Å²) in [5.74, 6) is 0.899.